The van der Waals surface area contributed by atoms with Crippen LogP contribution in [0.3, 0.4) is 0 Å². The third-order valence-electron chi connectivity index (χ3n) is 3.30. The highest BCUT2D eigenvalue weighted by molar-refractivity contribution is 5.65. The monoisotopic (exact) mass is 280 g/mol. The van der Waals surface area contributed by atoms with Crippen molar-refractivity contribution >= 4 is 5.97 Å². The lowest BCUT2D eigenvalue weighted by molar-refractivity contribution is -0.143. The molecule has 2 heterocycles. The summed E-state index contributed by atoms with van der Waals surface area (Å²) in [5.41, 5.74) is -1.51. The molecule has 0 unspecified atom stereocenters. The average molecular weight is 280 g/mol. The molecule has 108 valence electrons. The number of hydrogen-bond donors (Lipinski definition) is 1. The zero-order valence-corrected chi connectivity index (χ0v) is 11.1. The van der Waals surface area contributed by atoms with E-state index in [1.165, 1.54) is 23.8 Å². The second-order valence-corrected chi connectivity index (χ2v) is 4.83. The first kappa shape index (κ1) is 14.3. The van der Waals surface area contributed by atoms with Crippen molar-refractivity contribution in [1.82, 2.24) is 9.55 Å². The van der Waals surface area contributed by atoms with Crippen LogP contribution >= 0.6 is 0 Å². The van der Waals surface area contributed by atoms with Crippen LogP contribution in [0.1, 0.15) is 19.6 Å². The van der Waals surface area contributed by atoms with Gasteiger partial charge < -0.3 is 9.47 Å². The van der Waals surface area contributed by atoms with Gasteiger partial charge in [-0.05, 0) is 0 Å². The Hall–Kier alpha value is -2.15. The number of aromatic nitrogens is 2. The molecule has 0 aliphatic carbocycles. The van der Waals surface area contributed by atoms with Crippen molar-refractivity contribution in [3.05, 3.63) is 45.8 Å². The van der Waals surface area contributed by atoms with E-state index in [0.717, 1.165) is 0 Å². The van der Waals surface area contributed by atoms with Crippen LogP contribution in [0.2, 0.25) is 0 Å². The maximum absolute atomic E-state index is 11.7. The maximum atomic E-state index is 11.7. The van der Waals surface area contributed by atoms with Crippen molar-refractivity contribution < 1.29 is 14.3 Å². The van der Waals surface area contributed by atoms with E-state index < -0.39 is 22.9 Å². The molecule has 1 aromatic rings. The van der Waals surface area contributed by atoms with E-state index in [4.69, 9.17) is 9.47 Å². The molecule has 1 aliphatic rings. The minimum atomic E-state index is -0.533. The normalized spacial score (nSPS) is 25.4. The Morgan fingerprint density at radius 2 is 2.45 bits per heavy atom. The van der Waals surface area contributed by atoms with Gasteiger partial charge in [-0.3, -0.25) is 19.1 Å². The van der Waals surface area contributed by atoms with E-state index in [2.05, 4.69) is 11.6 Å². The van der Waals surface area contributed by atoms with E-state index in [-0.39, 0.29) is 12.6 Å². The van der Waals surface area contributed by atoms with Gasteiger partial charge in [0, 0.05) is 31.0 Å². The molecule has 0 amide bonds. The quantitative estimate of drug-likeness (QED) is 0.628. The summed E-state index contributed by atoms with van der Waals surface area (Å²) >= 11 is 0. The van der Waals surface area contributed by atoms with Crippen molar-refractivity contribution in [2.75, 3.05) is 13.2 Å². The summed E-state index contributed by atoms with van der Waals surface area (Å²) < 4.78 is 11.9. The molecular formula is C13H16N2O5. The van der Waals surface area contributed by atoms with Gasteiger partial charge in [-0.15, -0.1) is 6.58 Å². The number of aromatic amines is 1. The fraction of sp³-hybridized carbons (Fsp3) is 0.462. The number of H-pyrrole nitrogens is 1. The van der Waals surface area contributed by atoms with Gasteiger partial charge in [-0.25, -0.2) is 4.79 Å². The Morgan fingerprint density at radius 3 is 3.05 bits per heavy atom. The average Bonchev–Trinajstić information content (AvgIpc) is 2.81. The van der Waals surface area contributed by atoms with Crippen molar-refractivity contribution in [2.45, 2.75) is 19.6 Å². The largest absolute Gasteiger partial charge is 0.465 e. The van der Waals surface area contributed by atoms with Gasteiger partial charge >= 0.3 is 11.7 Å². The Bertz CT molecular complexity index is 632. The van der Waals surface area contributed by atoms with Gasteiger partial charge in [0.25, 0.3) is 5.56 Å². The van der Waals surface area contributed by atoms with Crippen LogP contribution in [-0.4, -0.2) is 28.7 Å². The van der Waals surface area contributed by atoms with Crippen molar-refractivity contribution in [2.24, 2.45) is 5.41 Å². The summed E-state index contributed by atoms with van der Waals surface area (Å²) in [5, 5.41) is 0. The SMILES string of the molecule is C=C[C@@]1(COC(C)=O)CO[C@@H](n2ccc(=O)[nH]c2=O)C1. The van der Waals surface area contributed by atoms with Gasteiger partial charge in [0.2, 0.25) is 0 Å². The topological polar surface area (TPSA) is 90.4 Å². The first-order valence-corrected chi connectivity index (χ1v) is 6.16. The number of nitrogens with one attached hydrogen (secondary N) is 1. The van der Waals surface area contributed by atoms with Crippen LogP contribution in [0.15, 0.2) is 34.5 Å². The van der Waals surface area contributed by atoms with Gasteiger partial charge in [-0.1, -0.05) is 6.08 Å². The molecule has 0 saturated carbocycles. The zero-order valence-electron chi connectivity index (χ0n) is 11.1. The van der Waals surface area contributed by atoms with Gasteiger partial charge in [0.05, 0.1) is 6.61 Å². The lowest BCUT2D eigenvalue weighted by Crippen LogP contribution is -2.32. The van der Waals surface area contributed by atoms with Crippen LogP contribution in [-0.2, 0) is 14.3 Å². The lowest BCUT2D eigenvalue weighted by atomic mass is 9.88. The minimum Gasteiger partial charge on any atom is -0.465 e. The fourth-order valence-corrected chi connectivity index (χ4v) is 2.11. The first-order valence-electron chi connectivity index (χ1n) is 6.16. The third kappa shape index (κ3) is 2.88. The molecule has 7 heteroatoms. The molecule has 20 heavy (non-hydrogen) atoms. The summed E-state index contributed by atoms with van der Waals surface area (Å²) in [5.74, 6) is -0.379. The van der Waals surface area contributed by atoms with Crippen molar-refractivity contribution in [3.63, 3.8) is 0 Å². The number of carbonyl (C=O) groups is 1. The first-order chi connectivity index (χ1) is 9.46. The zero-order chi connectivity index (χ0) is 14.8. The van der Waals surface area contributed by atoms with Crippen LogP contribution in [0.4, 0.5) is 0 Å². The minimum absolute atomic E-state index is 0.153. The summed E-state index contributed by atoms with van der Waals surface area (Å²) in [7, 11) is 0. The molecular weight excluding hydrogens is 264 g/mol. The smallest absolute Gasteiger partial charge is 0.330 e. The lowest BCUT2D eigenvalue weighted by Gasteiger charge is -2.22. The number of nitrogens with zero attached hydrogens (tertiary/aromatic N) is 1. The highest BCUT2D eigenvalue weighted by Crippen LogP contribution is 2.38. The van der Waals surface area contributed by atoms with E-state index in [0.29, 0.717) is 13.0 Å². The number of rotatable bonds is 4. The molecule has 2 atom stereocenters. The van der Waals surface area contributed by atoms with Gasteiger partial charge in [0.1, 0.15) is 12.8 Å². The molecule has 0 bridgehead atoms. The predicted octanol–water partition coefficient (Wildman–Crippen LogP) is 0.191. The van der Waals surface area contributed by atoms with Crippen molar-refractivity contribution in [3.8, 4) is 0 Å². The number of esters is 1. The second kappa shape index (κ2) is 5.46. The highest BCUT2D eigenvalue weighted by atomic mass is 16.5. The molecule has 0 spiro atoms. The molecule has 7 nitrogen and oxygen atoms in total. The molecule has 2 rings (SSSR count). The van der Waals surface area contributed by atoms with Gasteiger partial charge in [-0.2, -0.15) is 0 Å². The second-order valence-electron chi connectivity index (χ2n) is 4.83. The Morgan fingerprint density at radius 1 is 1.70 bits per heavy atom. The molecule has 1 fully saturated rings. The van der Waals surface area contributed by atoms with Crippen LogP contribution in [0.25, 0.3) is 0 Å². The third-order valence-corrected chi connectivity index (χ3v) is 3.30. The number of hydrogen-bond acceptors (Lipinski definition) is 5. The van der Waals surface area contributed by atoms with Crippen LogP contribution in [0.5, 0.6) is 0 Å². The van der Waals surface area contributed by atoms with E-state index >= 15 is 0 Å². The molecule has 1 aliphatic heterocycles. The van der Waals surface area contributed by atoms with E-state index in [9.17, 15) is 14.4 Å². The van der Waals surface area contributed by atoms with Crippen molar-refractivity contribution in [1.29, 1.82) is 0 Å². The fourth-order valence-electron chi connectivity index (χ4n) is 2.11. The summed E-state index contributed by atoms with van der Waals surface area (Å²) in [4.78, 5) is 35.8. The number of carbonyl (C=O) groups excluding carboxylic acids is 1. The molecule has 1 saturated heterocycles. The molecule has 1 aromatic heterocycles. The Balaban J connectivity index is 2.18. The summed E-state index contributed by atoms with van der Waals surface area (Å²) in [6.45, 7) is 5.52. The molecule has 1 N–H and O–H groups in total. The summed E-state index contributed by atoms with van der Waals surface area (Å²) in [6.07, 6.45) is 2.98. The standard InChI is InChI=1S/C13H16N2O5/c1-3-13(7-19-9(2)16)6-11(20-8-13)15-5-4-10(17)14-12(15)18/h3-5,11H,1,6-8H2,2H3,(H,14,17,18)/t11-,13-/m1/s1. The Labute approximate surface area is 114 Å². The van der Waals surface area contributed by atoms with E-state index in [1.54, 1.807) is 6.08 Å². The highest BCUT2D eigenvalue weighted by Gasteiger charge is 2.40. The number of ether oxygens (including phenoxy) is 2. The summed E-state index contributed by atoms with van der Waals surface area (Å²) in [6, 6.07) is 1.25. The maximum Gasteiger partial charge on any atom is 0.330 e. The predicted molar refractivity (Wildman–Crippen MR) is 70.2 cm³/mol. The van der Waals surface area contributed by atoms with Crippen LogP contribution < -0.4 is 11.2 Å². The van der Waals surface area contributed by atoms with E-state index in [1.807, 2.05) is 0 Å². The van der Waals surface area contributed by atoms with Gasteiger partial charge in [0.15, 0.2) is 0 Å². The molecule has 0 aromatic carbocycles. The molecule has 0 radical (unpaired) electrons. The van der Waals surface area contributed by atoms with Crippen LogP contribution in [0, 0.1) is 5.41 Å². The Kier molecular flexibility index (Phi) is 3.89.